The van der Waals surface area contributed by atoms with Gasteiger partial charge in [0.2, 0.25) is 5.91 Å². The zero-order valence-corrected chi connectivity index (χ0v) is 17.1. The minimum absolute atomic E-state index is 0.0999. The molecule has 1 heterocycles. The van der Waals surface area contributed by atoms with Gasteiger partial charge in [0.15, 0.2) is 0 Å². The van der Waals surface area contributed by atoms with Crippen molar-refractivity contribution in [2.75, 3.05) is 26.2 Å². The van der Waals surface area contributed by atoms with Crippen molar-refractivity contribution in [3.05, 3.63) is 0 Å². The number of amides is 1. The molecular weight excluding hydrogens is 339 g/mol. The van der Waals surface area contributed by atoms with Crippen LogP contribution in [0.25, 0.3) is 0 Å². The monoisotopic (exact) mass is 378 g/mol. The Morgan fingerprint density at radius 1 is 0.667 bits per heavy atom. The second kappa shape index (κ2) is 9.24. The first kappa shape index (κ1) is 19.7. The van der Waals surface area contributed by atoms with Gasteiger partial charge in [0.1, 0.15) is 6.17 Å². The highest BCUT2D eigenvalue weighted by Gasteiger charge is 2.36. The molecule has 154 valence electrons. The van der Waals surface area contributed by atoms with Crippen LogP contribution in [0.2, 0.25) is 0 Å². The largest absolute Gasteiger partial charge is 0.340 e. The van der Waals surface area contributed by atoms with E-state index in [1.165, 1.54) is 57.8 Å². The van der Waals surface area contributed by atoms with E-state index in [4.69, 9.17) is 0 Å². The Morgan fingerprint density at radius 3 is 1.93 bits per heavy atom. The first-order valence-electron chi connectivity index (χ1n) is 11.9. The number of nitrogens with zero attached hydrogens (tertiary/aromatic N) is 2. The molecule has 0 aromatic heterocycles. The van der Waals surface area contributed by atoms with Gasteiger partial charge in [-0.1, -0.05) is 44.9 Å². The molecule has 0 N–H and O–H groups in total. The van der Waals surface area contributed by atoms with E-state index in [9.17, 15) is 9.18 Å². The number of hydrogen-bond acceptors (Lipinski definition) is 2. The van der Waals surface area contributed by atoms with Crippen LogP contribution in [0.1, 0.15) is 83.5 Å². The van der Waals surface area contributed by atoms with Crippen molar-refractivity contribution in [3.8, 4) is 0 Å². The zero-order valence-electron chi connectivity index (χ0n) is 17.1. The molecule has 4 heteroatoms. The molecule has 4 rings (SSSR count). The van der Waals surface area contributed by atoms with E-state index in [-0.39, 0.29) is 11.8 Å². The lowest BCUT2D eigenvalue weighted by Crippen LogP contribution is -2.54. The molecule has 2 unspecified atom stereocenters. The molecule has 0 spiro atoms. The summed E-state index contributed by atoms with van der Waals surface area (Å²) in [5, 5.41) is 0. The molecule has 0 aromatic rings. The quantitative estimate of drug-likeness (QED) is 0.704. The van der Waals surface area contributed by atoms with Crippen molar-refractivity contribution in [1.29, 1.82) is 0 Å². The van der Waals surface area contributed by atoms with Gasteiger partial charge in [0.05, 0.1) is 5.92 Å². The van der Waals surface area contributed by atoms with Crippen molar-refractivity contribution in [2.45, 2.75) is 95.7 Å². The van der Waals surface area contributed by atoms with Gasteiger partial charge < -0.3 is 4.90 Å². The topological polar surface area (TPSA) is 23.6 Å². The van der Waals surface area contributed by atoms with Crippen molar-refractivity contribution in [1.82, 2.24) is 9.80 Å². The Hall–Kier alpha value is -0.640. The maximum atomic E-state index is 14.2. The number of alkyl halides is 1. The minimum Gasteiger partial charge on any atom is -0.340 e. The number of piperazine rings is 1. The molecule has 4 fully saturated rings. The van der Waals surface area contributed by atoms with E-state index in [1.54, 1.807) is 0 Å². The predicted octanol–water partition coefficient (Wildman–Crippen LogP) is 4.80. The summed E-state index contributed by atoms with van der Waals surface area (Å²) in [5.41, 5.74) is 0. The van der Waals surface area contributed by atoms with E-state index in [2.05, 4.69) is 4.90 Å². The standard InChI is InChI=1S/C23H39FN2O/c24-22-9-5-4-8-21(22)23(27)26-16-14-25(15-17-26)20-12-10-19(11-13-20)18-6-2-1-3-7-18/h18-22H,1-17H2. The lowest BCUT2D eigenvalue weighted by Gasteiger charge is -2.44. The molecule has 3 aliphatic carbocycles. The van der Waals surface area contributed by atoms with Crippen LogP contribution in [0, 0.1) is 17.8 Å². The third-order valence-electron chi connectivity index (χ3n) is 8.20. The summed E-state index contributed by atoms with van der Waals surface area (Å²) in [5.74, 6) is 1.75. The Bertz CT molecular complexity index is 477. The summed E-state index contributed by atoms with van der Waals surface area (Å²) in [7, 11) is 0. The van der Waals surface area contributed by atoms with Gasteiger partial charge >= 0.3 is 0 Å². The Kier molecular flexibility index (Phi) is 6.73. The molecular formula is C23H39FN2O. The number of rotatable bonds is 3. The molecule has 1 saturated heterocycles. The molecule has 3 nitrogen and oxygen atoms in total. The van der Waals surface area contributed by atoms with E-state index in [0.717, 1.165) is 63.3 Å². The van der Waals surface area contributed by atoms with Gasteiger partial charge in [-0.2, -0.15) is 0 Å². The fourth-order valence-electron chi connectivity index (χ4n) is 6.45. The third kappa shape index (κ3) is 4.68. The Balaban J connectivity index is 1.21. The minimum atomic E-state index is -0.903. The Labute approximate surface area is 165 Å². The van der Waals surface area contributed by atoms with Crippen molar-refractivity contribution >= 4 is 5.91 Å². The lowest BCUT2D eigenvalue weighted by molar-refractivity contribution is -0.141. The van der Waals surface area contributed by atoms with Crippen LogP contribution in [0.5, 0.6) is 0 Å². The van der Waals surface area contributed by atoms with Gasteiger partial charge in [-0.05, 0) is 50.4 Å². The van der Waals surface area contributed by atoms with Crippen LogP contribution in [-0.2, 0) is 4.79 Å². The molecule has 1 aliphatic heterocycles. The van der Waals surface area contributed by atoms with Crippen LogP contribution in [0.4, 0.5) is 4.39 Å². The van der Waals surface area contributed by atoms with Crippen LogP contribution >= 0.6 is 0 Å². The number of hydrogen-bond donors (Lipinski definition) is 0. The highest BCUT2D eigenvalue weighted by molar-refractivity contribution is 5.79. The second-order valence-electron chi connectivity index (χ2n) is 9.73. The maximum Gasteiger partial charge on any atom is 0.228 e. The molecule has 27 heavy (non-hydrogen) atoms. The highest BCUT2D eigenvalue weighted by atomic mass is 19.1. The van der Waals surface area contributed by atoms with Crippen LogP contribution < -0.4 is 0 Å². The molecule has 0 bridgehead atoms. The summed E-state index contributed by atoms with van der Waals surface area (Å²) in [6.07, 6.45) is 15.3. The average molecular weight is 379 g/mol. The first-order valence-corrected chi connectivity index (χ1v) is 11.9. The maximum absolute atomic E-state index is 14.2. The third-order valence-corrected chi connectivity index (χ3v) is 8.20. The summed E-state index contributed by atoms with van der Waals surface area (Å²) >= 11 is 0. The summed E-state index contributed by atoms with van der Waals surface area (Å²) in [4.78, 5) is 17.3. The molecule has 0 radical (unpaired) electrons. The zero-order chi connectivity index (χ0) is 18.6. The summed E-state index contributed by atoms with van der Waals surface area (Å²) in [6.45, 7) is 3.61. The van der Waals surface area contributed by atoms with Gasteiger partial charge in [-0.25, -0.2) is 4.39 Å². The smallest absolute Gasteiger partial charge is 0.228 e. The van der Waals surface area contributed by atoms with E-state index in [1.807, 2.05) is 4.90 Å². The average Bonchev–Trinajstić information content (AvgIpc) is 2.74. The van der Waals surface area contributed by atoms with Gasteiger partial charge in [-0.15, -0.1) is 0 Å². The summed E-state index contributed by atoms with van der Waals surface area (Å²) in [6, 6.07) is 0.727. The normalized spacial score (nSPS) is 37.3. The van der Waals surface area contributed by atoms with E-state index < -0.39 is 6.17 Å². The molecule has 2 atom stereocenters. The lowest BCUT2D eigenvalue weighted by atomic mass is 9.72. The van der Waals surface area contributed by atoms with Crippen LogP contribution in [0.3, 0.4) is 0 Å². The highest BCUT2D eigenvalue weighted by Crippen LogP contribution is 2.39. The van der Waals surface area contributed by atoms with Crippen molar-refractivity contribution in [3.63, 3.8) is 0 Å². The van der Waals surface area contributed by atoms with Crippen LogP contribution in [-0.4, -0.2) is 54.1 Å². The molecule has 3 saturated carbocycles. The van der Waals surface area contributed by atoms with E-state index in [0.29, 0.717) is 6.42 Å². The fourth-order valence-corrected chi connectivity index (χ4v) is 6.45. The first-order chi connectivity index (χ1) is 13.2. The van der Waals surface area contributed by atoms with Gasteiger partial charge in [-0.3, -0.25) is 9.69 Å². The van der Waals surface area contributed by atoms with Crippen molar-refractivity contribution in [2.24, 2.45) is 17.8 Å². The van der Waals surface area contributed by atoms with Crippen LogP contribution in [0.15, 0.2) is 0 Å². The summed E-state index contributed by atoms with van der Waals surface area (Å²) < 4.78 is 14.2. The Morgan fingerprint density at radius 2 is 1.26 bits per heavy atom. The van der Waals surface area contributed by atoms with Gasteiger partial charge in [0.25, 0.3) is 0 Å². The molecule has 1 amide bonds. The molecule has 0 aromatic carbocycles. The fraction of sp³-hybridized carbons (Fsp3) is 0.957. The SMILES string of the molecule is O=C(C1CCCCC1F)N1CCN(C2CCC(C3CCCCC3)CC2)CC1. The second-order valence-corrected chi connectivity index (χ2v) is 9.73. The van der Waals surface area contributed by atoms with E-state index >= 15 is 0 Å². The molecule has 4 aliphatic rings. The van der Waals surface area contributed by atoms with Gasteiger partial charge in [0, 0.05) is 32.2 Å². The number of halogens is 1. The number of carbonyl (C=O) groups excluding carboxylic acids is 1. The number of carbonyl (C=O) groups is 1. The van der Waals surface area contributed by atoms with Crippen molar-refractivity contribution < 1.29 is 9.18 Å². The predicted molar refractivity (Wildman–Crippen MR) is 107 cm³/mol.